The van der Waals surface area contributed by atoms with Crippen LogP contribution in [-0.4, -0.2) is 103 Å². The summed E-state index contributed by atoms with van der Waals surface area (Å²) in [7, 11) is 0. The molecule has 2 aliphatic carbocycles. The Bertz CT molecular complexity index is 2540. The van der Waals surface area contributed by atoms with Gasteiger partial charge in [0.2, 0.25) is 5.79 Å². The normalized spacial score (nSPS) is 21.3. The topological polar surface area (TPSA) is 158 Å². The number of aliphatic hydroxyl groups excluding tert-OH is 3. The van der Waals surface area contributed by atoms with Crippen molar-refractivity contribution < 1.29 is 53.4 Å². The van der Waals surface area contributed by atoms with Crippen LogP contribution in [0.3, 0.4) is 0 Å². The van der Waals surface area contributed by atoms with E-state index >= 15 is 0 Å². The number of rotatable bonds is 28. The first kappa shape index (κ1) is 53.0. The van der Waals surface area contributed by atoms with Crippen molar-refractivity contribution in [2.45, 2.75) is 75.9 Å². The third-order valence-corrected chi connectivity index (χ3v) is 14.0. The molecule has 0 saturated heterocycles. The van der Waals surface area contributed by atoms with Gasteiger partial charge in [-0.05, 0) is 95.7 Å². The van der Waals surface area contributed by atoms with E-state index < -0.39 is 23.8 Å². The molecule has 8 rings (SSSR count). The van der Waals surface area contributed by atoms with Gasteiger partial charge in [0.05, 0.1) is 51.3 Å². The lowest BCUT2D eigenvalue weighted by Gasteiger charge is -2.59. The van der Waals surface area contributed by atoms with Crippen LogP contribution >= 0.6 is 0 Å². The van der Waals surface area contributed by atoms with Crippen LogP contribution in [0.5, 0.6) is 17.2 Å². The minimum absolute atomic E-state index is 0.00551. The molecule has 6 unspecified atom stereocenters. The minimum atomic E-state index is -1.53. The van der Waals surface area contributed by atoms with E-state index in [1.54, 1.807) is 11.0 Å². The van der Waals surface area contributed by atoms with Crippen molar-refractivity contribution in [3.05, 3.63) is 174 Å². The van der Waals surface area contributed by atoms with Crippen LogP contribution in [0.15, 0.2) is 163 Å². The molecule has 3 N–H and O–H groups in total. The highest BCUT2D eigenvalue weighted by Crippen LogP contribution is 2.62. The number of nitrogens with zero attached hydrogens (tertiary/aromatic N) is 2. The fourth-order valence-electron chi connectivity index (χ4n) is 10.7. The molecule has 0 radical (unpaired) electrons. The molecule has 1 amide bonds. The molecule has 0 bridgehead atoms. The molecule has 5 aromatic carbocycles. The van der Waals surface area contributed by atoms with Gasteiger partial charge in [0.1, 0.15) is 36.5 Å². The molecule has 0 spiro atoms. The number of benzene rings is 5. The second-order valence-electron chi connectivity index (χ2n) is 18.7. The molecule has 6 atom stereocenters. The van der Waals surface area contributed by atoms with Gasteiger partial charge in [0.25, 0.3) is 0 Å². The van der Waals surface area contributed by atoms with E-state index in [-0.39, 0.29) is 90.2 Å². The fraction of sp³-hybridized carbons (Fsp3) is 0.400. The molecule has 73 heavy (non-hydrogen) atoms. The average Bonchev–Trinajstić information content (AvgIpc) is 3.42. The molecule has 1 saturated carbocycles. The lowest BCUT2D eigenvalue weighted by atomic mass is 9.55. The van der Waals surface area contributed by atoms with Gasteiger partial charge >= 0.3 is 6.09 Å². The SMILES string of the molecule is C=CCOC12Oc3ccc(Oc4ccc(-c5ccccc5)cc4)cc3C3C(CCCCO)C(CCCCO)C=C(C(=NOCc4ccccc4)CC1N(CCOCCO)C(=O)OCCOCc1ccccc1)C32. The highest BCUT2D eigenvalue weighted by atomic mass is 16.7. The molecule has 3 aliphatic rings. The summed E-state index contributed by atoms with van der Waals surface area (Å²) in [6.45, 7) is 5.07. The van der Waals surface area contributed by atoms with Crippen LogP contribution in [-0.2, 0) is 37.0 Å². The Balaban J connectivity index is 1.24. The first-order chi connectivity index (χ1) is 36.0. The number of hydrogen-bond acceptors (Lipinski definition) is 12. The van der Waals surface area contributed by atoms with Gasteiger partial charge in [0.15, 0.2) is 0 Å². The molecule has 1 fully saturated rings. The monoisotopic (exact) mass is 994 g/mol. The number of allylic oxidation sites excluding steroid dienone is 1. The van der Waals surface area contributed by atoms with Gasteiger partial charge in [-0.1, -0.05) is 133 Å². The number of aliphatic hydroxyl groups is 3. The van der Waals surface area contributed by atoms with Crippen LogP contribution in [0.25, 0.3) is 11.1 Å². The van der Waals surface area contributed by atoms with Crippen LogP contribution in [0.4, 0.5) is 4.79 Å². The van der Waals surface area contributed by atoms with Gasteiger partial charge in [-0.2, -0.15) is 0 Å². The first-order valence-corrected chi connectivity index (χ1v) is 25.8. The number of ether oxygens (including phenoxy) is 6. The van der Waals surface area contributed by atoms with Gasteiger partial charge in [-0.3, -0.25) is 4.90 Å². The smallest absolute Gasteiger partial charge is 0.410 e. The fourth-order valence-corrected chi connectivity index (χ4v) is 10.7. The van der Waals surface area contributed by atoms with Crippen LogP contribution < -0.4 is 9.47 Å². The lowest BCUT2D eigenvalue weighted by molar-refractivity contribution is -0.256. The molecular formula is C60H70N2O11. The Morgan fingerprint density at radius 3 is 2.10 bits per heavy atom. The summed E-state index contributed by atoms with van der Waals surface area (Å²) in [4.78, 5) is 22.7. The zero-order valence-corrected chi connectivity index (χ0v) is 41.7. The second-order valence-corrected chi connectivity index (χ2v) is 18.7. The van der Waals surface area contributed by atoms with Crippen molar-refractivity contribution in [1.82, 2.24) is 4.90 Å². The van der Waals surface area contributed by atoms with Crippen molar-refractivity contribution in [3.63, 3.8) is 0 Å². The van der Waals surface area contributed by atoms with Crippen LogP contribution in [0.2, 0.25) is 0 Å². The largest absolute Gasteiger partial charge is 0.459 e. The second kappa shape index (κ2) is 27.1. The van der Waals surface area contributed by atoms with E-state index in [1.165, 1.54) is 0 Å². The van der Waals surface area contributed by atoms with Gasteiger partial charge in [-0.25, -0.2) is 4.79 Å². The highest BCUT2D eigenvalue weighted by Gasteiger charge is 2.65. The molecule has 0 aromatic heterocycles. The molecule has 5 aromatic rings. The van der Waals surface area contributed by atoms with E-state index in [4.69, 9.17) is 38.4 Å². The molecule has 13 nitrogen and oxygen atoms in total. The summed E-state index contributed by atoms with van der Waals surface area (Å²) in [6, 6.07) is 42.9. The van der Waals surface area contributed by atoms with E-state index in [0.717, 1.165) is 59.1 Å². The Labute approximate surface area is 429 Å². The molecule has 13 heteroatoms. The van der Waals surface area contributed by atoms with Crippen molar-refractivity contribution in [3.8, 4) is 28.4 Å². The Hall–Kier alpha value is -6.32. The molecular weight excluding hydrogens is 925 g/mol. The van der Waals surface area contributed by atoms with E-state index in [9.17, 15) is 20.1 Å². The zero-order valence-electron chi connectivity index (χ0n) is 41.7. The van der Waals surface area contributed by atoms with Crippen LogP contribution in [0, 0.1) is 17.8 Å². The minimum Gasteiger partial charge on any atom is -0.459 e. The Morgan fingerprint density at radius 1 is 0.726 bits per heavy atom. The molecule has 386 valence electrons. The number of oxime groups is 1. The average molecular weight is 995 g/mol. The predicted octanol–water partition coefficient (Wildman–Crippen LogP) is 10.6. The number of carbonyl (C=O) groups excluding carboxylic acids is 1. The summed E-state index contributed by atoms with van der Waals surface area (Å²) < 4.78 is 39.1. The van der Waals surface area contributed by atoms with Crippen molar-refractivity contribution in [2.24, 2.45) is 22.9 Å². The number of hydrogen-bond donors (Lipinski definition) is 3. The van der Waals surface area contributed by atoms with Gasteiger partial charge in [0, 0.05) is 37.7 Å². The van der Waals surface area contributed by atoms with Gasteiger partial charge < -0.3 is 48.6 Å². The maximum atomic E-state index is 14.9. The number of fused-ring (bicyclic) bond motifs is 2. The maximum absolute atomic E-state index is 14.9. The third-order valence-electron chi connectivity index (χ3n) is 14.0. The van der Waals surface area contributed by atoms with Gasteiger partial charge in [-0.15, -0.1) is 6.58 Å². The number of amides is 1. The summed E-state index contributed by atoms with van der Waals surface area (Å²) in [5.74, 6) is -0.461. The Morgan fingerprint density at radius 2 is 1.40 bits per heavy atom. The maximum Gasteiger partial charge on any atom is 0.410 e. The number of unbranched alkanes of at least 4 members (excludes halogenated alkanes) is 2. The quantitative estimate of drug-likeness (QED) is 0.0249. The zero-order chi connectivity index (χ0) is 50.7. The summed E-state index contributed by atoms with van der Waals surface area (Å²) in [6.07, 6.45) is 7.95. The van der Waals surface area contributed by atoms with E-state index in [0.29, 0.717) is 42.4 Å². The first-order valence-electron chi connectivity index (χ1n) is 25.8. The van der Waals surface area contributed by atoms with Crippen molar-refractivity contribution in [2.75, 3.05) is 59.4 Å². The lowest BCUT2D eigenvalue weighted by Crippen LogP contribution is -2.70. The van der Waals surface area contributed by atoms with E-state index in [2.05, 4.69) is 43.0 Å². The summed E-state index contributed by atoms with van der Waals surface area (Å²) in [5, 5.41) is 34.8. The predicted molar refractivity (Wildman–Crippen MR) is 280 cm³/mol. The third kappa shape index (κ3) is 13.5. The summed E-state index contributed by atoms with van der Waals surface area (Å²) in [5.41, 5.74) is 6.61. The van der Waals surface area contributed by atoms with Crippen molar-refractivity contribution >= 4 is 11.8 Å². The molecule has 1 aliphatic heterocycles. The standard InChI is InChI=1S/C60H70N2O11/c1-2-34-70-60-56(62(30-35-67-36-33-65)59(66)69-38-37-68-42-44-16-6-3-7-17-44)41-54(61-71-43-45-18-8-4-9-19-45)52-39-48(22-12-14-31-63)51(23-13-15-32-64)57(58(52)60)53-40-50(28-29-55(53)73-60)72-49-26-24-47(25-27-49)46-20-10-5-11-21-46/h2-11,16-21,24-29,39-40,48,51,56-58,63-65H,1,12-15,22-23,30-38,41-43H2. The van der Waals surface area contributed by atoms with E-state index in [1.807, 2.05) is 103 Å². The van der Waals surface area contributed by atoms with Crippen LogP contribution in [0.1, 0.15) is 67.6 Å². The Kier molecular flexibility index (Phi) is 19.7. The molecule has 1 heterocycles. The number of carbonyl (C=O) groups is 1. The highest BCUT2D eigenvalue weighted by molar-refractivity contribution is 6.03. The summed E-state index contributed by atoms with van der Waals surface area (Å²) >= 11 is 0. The van der Waals surface area contributed by atoms with Crippen molar-refractivity contribution in [1.29, 1.82) is 0 Å².